The molecule has 114 valence electrons. The normalized spacial score (nSPS) is 16.6. The third-order valence-electron chi connectivity index (χ3n) is 3.99. The molecule has 0 bridgehead atoms. The van der Waals surface area contributed by atoms with Crippen LogP contribution in [-0.2, 0) is 16.6 Å². The lowest BCUT2D eigenvalue weighted by Gasteiger charge is -2.27. The Balaban J connectivity index is 2.04. The number of hydrogen-bond donors (Lipinski definition) is 2. The summed E-state index contributed by atoms with van der Waals surface area (Å²) in [4.78, 5) is 1.08. The Morgan fingerprint density at radius 1 is 1.30 bits per heavy atom. The molecule has 1 aliphatic carbocycles. The van der Waals surface area contributed by atoms with Crippen LogP contribution in [0, 0.1) is 0 Å². The summed E-state index contributed by atoms with van der Waals surface area (Å²) in [5.41, 5.74) is -0.366. The number of thiophene rings is 1. The number of nitrogens with one attached hydrogen (secondary N) is 2. The Labute approximate surface area is 126 Å². The second-order valence-corrected chi connectivity index (χ2v) is 8.83. The summed E-state index contributed by atoms with van der Waals surface area (Å²) >= 11 is 1.36. The molecule has 2 N–H and O–H groups in total. The van der Waals surface area contributed by atoms with E-state index in [2.05, 4.69) is 10.0 Å². The first-order chi connectivity index (χ1) is 9.38. The smallest absolute Gasteiger partial charge is 0.250 e. The van der Waals surface area contributed by atoms with Crippen molar-refractivity contribution in [3.05, 3.63) is 17.0 Å². The highest BCUT2D eigenvalue weighted by atomic mass is 32.2. The van der Waals surface area contributed by atoms with Gasteiger partial charge in [-0.25, -0.2) is 13.1 Å². The van der Waals surface area contributed by atoms with Crippen molar-refractivity contribution >= 4 is 21.4 Å². The fourth-order valence-electron chi connectivity index (χ4n) is 1.90. The molecule has 0 unspecified atom stereocenters. The van der Waals surface area contributed by atoms with Gasteiger partial charge in [0.15, 0.2) is 0 Å². The molecule has 0 aromatic carbocycles. The number of rotatable bonds is 8. The van der Waals surface area contributed by atoms with Gasteiger partial charge in [-0.2, -0.15) is 0 Å². The molecule has 1 fully saturated rings. The predicted molar refractivity (Wildman–Crippen MR) is 83.5 cm³/mol. The van der Waals surface area contributed by atoms with E-state index >= 15 is 0 Å². The molecule has 1 aromatic heterocycles. The zero-order chi connectivity index (χ0) is 14.8. The molecule has 20 heavy (non-hydrogen) atoms. The van der Waals surface area contributed by atoms with Crippen LogP contribution in [0.4, 0.5) is 0 Å². The van der Waals surface area contributed by atoms with Crippen molar-refractivity contribution in [2.75, 3.05) is 0 Å². The van der Waals surface area contributed by atoms with Gasteiger partial charge in [0.2, 0.25) is 0 Å². The van der Waals surface area contributed by atoms with Crippen LogP contribution >= 0.6 is 11.3 Å². The van der Waals surface area contributed by atoms with Crippen LogP contribution in [0.2, 0.25) is 0 Å². The van der Waals surface area contributed by atoms with Gasteiger partial charge >= 0.3 is 0 Å². The molecule has 4 nitrogen and oxygen atoms in total. The van der Waals surface area contributed by atoms with Crippen LogP contribution in [0.1, 0.15) is 51.3 Å². The van der Waals surface area contributed by atoms with E-state index in [0.29, 0.717) is 10.3 Å². The summed E-state index contributed by atoms with van der Waals surface area (Å²) in [6.07, 6.45) is 4.04. The minimum absolute atomic E-state index is 0.366. The van der Waals surface area contributed by atoms with Crippen molar-refractivity contribution < 1.29 is 8.42 Å². The molecule has 0 radical (unpaired) electrons. The molecule has 1 aromatic rings. The maximum atomic E-state index is 12.4. The molecule has 1 heterocycles. The van der Waals surface area contributed by atoms with Crippen molar-refractivity contribution in [2.45, 2.75) is 68.8 Å². The maximum Gasteiger partial charge on any atom is 0.250 e. The zero-order valence-electron chi connectivity index (χ0n) is 12.4. The van der Waals surface area contributed by atoms with E-state index < -0.39 is 10.0 Å². The minimum Gasteiger partial charge on any atom is -0.309 e. The number of hydrogen-bond acceptors (Lipinski definition) is 4. The lowest BCUT2D eigenvalue weighted by atomic mass is 9.98. The van der Waals surface area contributed by atoms with Gasteiger partial charge < -0.3 is 5.32 Å². The molecule has 0 saturated heterocycles. The molecule has 0 aliphatic heterocycles. The molecule has 0 spiro atoms. The molecule has 0 amide bonds. The second-order valence-electron chi connectivity index (χ2n) is 5.75. The SMILES string of the molecule is CCC(C)(CC)NS(=O)(=O)c1ccc(CNC2CC2)s1. The second kappa shape index (κ2) is 6.13. The van der Waals surface area contributed by atoms with E-state index in [1.165, 1.54) is 24.2 Å². The summed E-state index contributed by atoms with van der Waals surface area (Å²) in [5.74, 6) is 0. The number of sulfonamides is 1. The van der Waals surface area contributed by atoms with Crippen molar-refractivity contribution in [1.82, 2.24) is 10.0 Å². The Morgan fingerprint density at radius 2 is 1.95 bits per heavy atom. The topological polar surface area (TPSA) is 58.2 Å². The zero-order valence-corrected chi connectivity index (χ0v) is 14.0. The van der Waals surface area contributed by atoms with E-state index in [-0.39, 0.29) is 5.54 Å². The summed E-state index contributed by atoms with van der Waals surface area (Å²) < 4.78 is 28.1. The molecular formula is C14H24N2O2S2. The van der Waals surface area contributed by atoms with Gasteiger partial charge in [0.1, 0.15) is 4.21 Å². The van der Waals surface area contributed by atoms with Gasteiger partial charge in [-0.1, -0.05) is 13.8 Å². The van der Waals surface area contributed by atoms with Crippen molar-refractivity contribution in [2.24, 2.45) is 0 Å². The Morgan fingerprint density at radius 3 is 2.50 bits per heavy atom. The predicted octanol–water partition coefficient (Wildman–Crippen LogP) is 2.86. The van der Waals surface area contributed by atoms with E-state index in [1.54, 1.807) is 6.07 Å². The quantitative estimate of drug-likeness (QED) is 0.775. The summed E-state index contributed by atoms with van der Waals surface area (Å²) in [6.45, 7) is 6.73. The van der Waals surface area contributed by atoms with E-state index in [1.807, 2.05) is 26.8 Å². The molecular weight excluding hydrogens is 292 g/mol. The molecule has 1 saturated carbocycles. The Bertz CT molecular complexity index is 543. The van der Waals surface area contributed by atoms with Crippen LogP contribution < -0.4 is 10.0 Å². The van der Waals surface area contributed by atoms with E-state index in [9.17, 15) is 8.42 Å². The van der Waals surface area contributed by atoms with Crippen LogP contribution in [-0.4, -0.2) is 20.0 Å². The molecule has 6 heteroatoms. The first-order valence-corrected chi connectivity index (χ1v) is 9.54. The average Bonchev–Trinajstić information content (AvgIpc) is 3.11. The lowest BCUT2D eigenvalue weighted by molar-refractivity contribution is 0.389. The Hall–Kier alpha value is -0.430. The first-order valence-electron chi connectivity index (χ1n) is 7.24. The van der Waals surface area contributed by atoms with Crippen molar-refractivity contribution in [3.63, 3.8) is 0 Å². The molecule has 2 rings (SSSR count). The average molecular weight is 316 g/mol. The first kappa shape index (κ1) is 15.9. The highest BCUT2D eigenvalue weighted by molar-refractivity contribution is 7.91. The van der Waals surface area contributed by atoms with Crippen LogP contribution in [0.3, 0.4) is 0 Å². The van der Waals surface area contributed by atoms with Gasteiger partial charge in [-0.05, 0) is 44.7 Å². The van der Waals surface area contributed by atoms with Gasteiger partial charge in [0.05, 0.1) is 0 Å². The summed E-state index contributed by atoms with van der Waals surface area (Å²) in [5, 5.41) is 3.40. The highest BCUT2D eigenvalue weighted by Crippen LogP contribution is 2.26. The van der Waals surface area contributed by atoms with Gasteiger partial charge in [-0.3, -0.25) is 0 Å². The fourth-order valence-corrected chi connectivity index (χ4v) is 4.76. The monoisotopic (exact) mass is 316 g/mol. The highest BCUT2D eigenvalue weighted by Gasteiger charge is 2.28. The fraction of sp³-hybridized carbons (Fsp3) is 0.714. The van der Waals surface area contributed by atoms with Gasteiger partial charge in [0, 0.05) is 23.0 Å². The van der Waals surface area contributed by atoms with Crippen LogP contribution in [0.15, 0.2) is 16.3 Å². The van der Waals surface area contributed by atoms with Gasteiger partial charge in [-0.15, -0.1) is 11.3 Å². The van der Waals surface area contributed by atoms with Crippen LogP contribution in [0.5, 0.6) is 0 Å². The molecule has 0 atom stereocenters. The standard InChI is InChI=1S/C14H24N2O2S2/c1-4-14(3,5-2)16-20(17,18)13-9-8-12(19-13)10-15-11-6-7-11/h8-9,11,15-16H,4-7,10H2,1-3H3. The Kier molecular flexibility index (Phi) is 4.89. The minimum atomic E-state index is -3.40. The maximum absolute atomic E-state index is 12.4. The summed E-state index contributed by atoms with van der Waals surface area (Å²) in [6, 6.07) is 4.26. The third kappa shape index (κ3) is 4.04. The summed E-state index contributed by atoms with van der Waals surface area (Å²) in [7, 11) is -3.40. The largest absolute Gasteiger partial charge is 0.309 e. The van der Waals surface area contributed by atoms with E-state index in [0.717, 1.165) is 24.3 Å². The third-order valence-corrected chi connectivity index (χ3v) is 7.20. The van der Waals surface area contributed by atoms with Crippen molar-refractivity contribution in [1.29, 1.82) is 0 Å². The lowest BCUT2D eigenvalue weighted by Crippen LogP contribution is -2.44. The molecule has 1 aliphatic rings. The van der Waals surface area contributed by atoms with E-state index in [4.69, 9.17) is 0 Å². The van der Waals surface area contributed by atoms with Gasteiger partial charge in [0.25, 0.3) is 10.0 Å². The van der Waals surface area contributed by atoms with Crippen molar-refractivity contribution in [3.8, 4) is 0 Å². The van der Waals surface area contributed by atoms with Crippen LogP contribution in [0.25, 0.3) is 0 Å².